The number of fused-ring (bicyclic) bond motifs is 1. The number of carbonyl (C=O) groups excluding carboxylic acids is 1. The summed E-state index contributed by atoms with van der Waals surface area (Å²) in [7, 11) is 0. The lowest BCUT2D eigenvalue weighted by Crippen LogP contribution is -2.44. The number of benzene rings is 1. The Bertz CT molecular complexity index is 636. The minimum atomic E-state index is 0.299. The molecule has 3 heterocycles. The van der Waals surface area contributed by atoms with Crippen molar-refractivity contribution >= 4 is 17.7 Å². The van der Waals surface area contributed by atoms with Gasteiger partial charge in [0, 0.05) is 43.1 Å². The maximum absolute atomic E-state index is 12.5. The van der Waals surface area contributed by atoms with Crippen molar-refractivity contribution in [2.24, 2.45) is 5.41 Å². The quantitative estimate of drug-likeness (QED) is 0.819. The van der Waals surface area contributed by atoms with Crippen LogP contribution in [0.25, 0.3) is 0 Å². The lowest BCUT2D eigenvalue weighted by atomic mass is 9.78. The molecule has 26 heavy (non-hydrogen) atoms. The van der Waals surface area contributed by atoms with Crippen LogP contribution in [0.4, 0.5) is 0 Å². The number of hydrogen-bond donors (Lipinski definition) is 1. The van der Waals surface area contributed by atoms with E-state index < -0.39 is 0 Å². The van der Waals surface area contributed by atoms with Gasteiger partial charge in [-0.25, -0.2) is 0 Å². The Labute approximate surface area is 159 Å². The number of hydrogen-bond acceptors (Lipinski definition) is 5. The van der Waals surface area contributed by atoms with E-state index in [0.717, 1.165) is 67.6 Å². The molecule has 6 heteroatoms. The first kappa shape index (κ1) is 18.0. The summed E-state index contributed by atoms with van der Waals surface area (Å²) in [5.74, 6) is 2.76. The zero-order valence-corrected chi connectivity index (χ0v) is 16.1. The molecule has 1 aromatic carbocycles. The van der Waals surface area contributed by atoms with Crippen LogP contribution >= 0.6 is 11.8 Å². The maximum Gasteiger partial charge on any atom is 0.223 e. The predicted molar refractivity (Wildman–Crippen MR) is 103 cm³/mol. The number of piperidine rings is 1. The standard InChI is InChI=1S/C20H28N2O3S/c23-19(22-9-6-20(7-10-22)5-8-21-15-20)4-13-26-16-2-3-17-18(14-16)25-12-1-11-24-17/h2-3,14,21H,1,4-13,15H2. The first-order valence-corrected chi connectivity index (χ1v) is 10.7. The van der Waals surface area contributed by atoms with E-state index in [9.17, 15) is 4.79 Å². The molecule has 0 aliphatic carbocycles. The van der Waals surface area contributed by atoms with E-state index in [1.165, 1.54) is 6.42 Å². The summed E-state index contributed by atoms with van der Waals surface area (Å²) in [6.07, 6.45) is 5.10. The highest BCUT2D eigenvalue weighted by atomic mass is 32.2. The van der Waals surface area contributed by atoms with E-state index in [4.69, 9.17) is 9.47 Å². The second-order valence-electron chi connectivity index (χ2n) is 7.57. The zero-order chi connectivity index (χ0) is 17.8. The number of amides is 1. The summed E-state index contributed by atoms with van der Waals surface area (Å²) in [4.78, 5) is 15.7. The predicted octanol–water partition coefficient (Wildman–Crippen LogP) is 2.93. The number of thioether (sulfide) groups is 1. The molecule has 1 amide bonds. The molecule has 3 aliphatic rings. The van der Waals surface area contributed by atoms with Crippen LogP contribution < -0.4 is 14.8 Å². The van der Waals surface area contributed by atoms with Gasteiger partial charge in [0.2, 0.25) is 5.91 Å². The minimum Gasteiger partial charge on any atom is -0.490 e. The summed E-state index contributed by atoms with van der Waals surface area (Å²) >= 11 is 1.72. The SMILES string of the molecule is O=C(CCSc1ccc2c(c1)OCCCO2)N1CCC2(CCNC2)CC1. The fourth-order valence-corrected chi connectivity index (χ4v) is 4.97. The van der Waals surface area contributed by atoms with Gasteiger partial charge in [-0.3, -0.25) is 4.79 Å². The van der Waals surface area contributed by atoms with Crippen LogP contribution in [0.1, 0.15) is 32.1 Å². The summed E-state index contributed by atoms with van der Waals surface area (Å²) in [6, 6.07) is 6.07. The summed E-state index contributed by atoms with van der Waals surface area (Å²) in [6.45, 7) is 5.53. The molecule has 2 saturated heterocycles. The number of nitrogens with one attached hydrogen (secondary N) is 1. The third-order valence-corrected chi connectivity index (χ3v) is 6.81. The monoisotopic (exact) mass is 376 g/mol. The molecule has 0 aromatic heterocycles. The minimum absolute atomic E-state index is 0.299. The molecule has 0 radical (unpaired) electrons. The van der Waals surface area contributed by atoms with Gasteiger partial charge in [-0.1, -0.05) is 0 Å². The maximum atomic E-state index is 12.5. The molecule has 3 aliphatic heterocycles. The van der Waals surface area contributed by atoms with E-state index in [2.05, 4.69) is 16.3 Å². The molecule has 4 rings (SSSR count). The second kappa shape index (κ2) is 8.09. The van der Waals surface area contributed by atoms with Crippen LogP contribution in [-0.2, 0) is 4.79 Å². The van der Waals surface area contributed by atoms with Crippen molar-refractivity contribution in [1.29, 1.82) is 0 Å². The molecule has 1 aromatic rings. The van der Waals surface area contributed by atoms with Gasteiger partial charge in [0.15, 0.2) is 11.5 Å². The first-order valence-electron chi connectivity index (χ1n) is 9.75. The summed E-state index contributed by atoms with van der Waals surface area (Å²) < 4.78 is 11.4. The lowest BCUT2D eigenvalue weighted by Gasteiger charge is -2.39. The highest BCUT2D eigenvalue weighted by Crippen LogP contribution is 2.37. The average Bonchev–Trinajstić information content (AvgIpc) is 2.98. The second-order valence-corrected chi connectivity index (χ2v) is 8.73. The smallest absolute Gasteiger partial charge is 0.223 e. The largest absolute Gasteiger partial charge is 0.490 e. The van der Waals surface area contributed by atoms with Crippen LogP contribution in [0, 0.1) is 5.41 Å². The third kappa shape index (κ3) is 4.12. The molecule has 0 unspecified atom stereocenters. The highest BCUT2D eigenvalue weighted by Gasteiger charge is 2.37. The van der Waals surface area contributed by atoms with E-state index >= 15 is 0 Å². The number of carbonyl (C=O) groups is 1. The van der Waals surface area contributed by atoms with Gasteiger partial charge in [-0.05, 0) is 49.4 Å². The Hall–Kier alpha value is -1.40. The van der Waals surface area contributed by atoms with Crippen molar-refractivity contribution in [3.63, 3.8) is 0 Å². The Kier molecular flexibility index (Phi) is 5.60. The van der Waals surface area contributed by atoms with Crippen LogP contribution in [0.15, 0.2) is 23.1 Å². The normalized spacial score (nSPS) is 21.6. The lowest BCUT2D eigenvalue weighted by molar-refractivity contribution is -0.132. The van der Waals surface area contributed by atoms with Crippen molar-refractivity contribution in [3.8, 4) is 11.5 Å². The molecule has 0 bridgehead atoms. The van der Waals surface area contributed by atoms with Gasteiger partial charge in [-0.15, -0.1) is 11.8 Å². The molecular weight excluding hydrogens is 348 g/mol. The Morgan fingerprint density at radius 3 is 2.73 bits per heavy atom. The van der Waals surface area contributed by atoms with Crippen molar-refractivity contribution < 1.29 is 14.3 Å². The first-order chi connectivity index (χ1) is 12.7. The number of rotatable bonds is 4. The number of ether oxygens (including phenoxy) is 2. The molecule has 0 atom stereocenters. The van der Waals surface area contributed by atoms with Crippen molar-refractivity contribution in [2.75, 3.05) is 45.1 Å². The molecule has 0 saturated carbocycles. The van der Waals surface area contributed by atoms with Crippen molar-refractivity contribution in [3.05, 3.63) is 18.2 Å². The molecule has 5 nitrogen and oxygen atoms in total. The van der Waals surface area contributed by atoms with E-state index in [0.29, 0.717) is 31.0 Å². The Morgan fingerprint density at radius 1 is 1.15 bits per heavy atom. The number of likely N-dealkylation sites (tertiary alicyclic amines) is 1. The molecule has 1 spiro atoms. The average molecular weight is 377 g/mol. The van der Waals surface area contributed by atoms with Gasteiger partial charge in [-0.2, -0.15) is 0 Å². The highest BCUT2D eigenvalue weighted by molar-refractivity contribution is 7.99. The molecular formula is C20H28N2O3S. The Balaban J connectivity index is 1.23. The van der Waals surface area contributed by atoms with Crippen LogP contribution in [0.5, 0.6) is 11.5 Å². The third-order valence-electron chi connectivity index (χ3n) is 5.81. The Morgan fingerprint density at radius 2 is 1.96 bits per heavy atom. The summed E-state index contributed by atoms with van der Waals surface area (Å²) in [5, 5.41) is 3.48. The van der Waals surface area contributed by atoms with E-state index in [-0.39, 0.29) is 0 Å². The van der Waals surface area contributed by atoms with Crippen LogP contribution in [0.3, 0.4) is 0 Å². The van der Waals surface area contributed by atoms with Gasteiger partial charge >= 0.3 is 0 Å². The molecule has 2 fully saturated rings. The molecule has 1 N–H and O–H groups in total. The van der Waals surface area contributed by atoms with Crippen LogP contribution in [-0.4, -0.2) is 56.0 Å². The van der Waals surface area contributed by atoms with Gasteiger partial charge < -0.3 is 19.7 Å². The summed E-state index contributed by atoms with van der Waals surface area (Å²) in [5.41, 5.74) is 0.468. The fraction of sp³-hybridized carbons (Fsp3) is 0.650. The van der Waals surface area contributed by atoms with Gasteiger partial charge in [0.25, 0.3) is 0 Å². The zero-order valence-electron chi connectivity index (χ0n) is 15.3. The van der Waals surface area contributed by atoms with Gasteiger partial charge in [0.1, 0.15) is 0 Å². The van der Waals surface area contributed by atoms with E-state index in [1.807, 2.05) is 12.1 Å². The van der Waals surface area contributed by atoms with Crippen molar-refractivity contribution in [2.45, 2.75) is 37.0 Å². The molecule has 142 valence electrons. The van der Waals surface area contributed by atoms with Gasteiger partial charge in [0.05, 0.1) is 13.2 Å². The van der Waals surface area contributed by atoms with E-state index in [1.54, 1.807) is 11.8 Å². The van der Waals surface area contributed by atoms with Crippen LogP contribution in [0.2, 0.25) is 0 Å². The van der Waals surface area contributed by atoms with Crippen molar-refractivity contribution in [1.82, 2.24) is 10.2 Å². The topological polar surface area (TPSA) is 50.8 Å². The fourth-order valence-electron chi connectivity index (χ4n) is 4.10. The number of nitrogens with zero attached hydrogens (tertiary/aromatic N) is 1.